The fraction of sp³-hybridized carbons (Fsp3) is 1.00. The van der Waals surface area contributed by atoms with E-state index in [1.54, 1.807) is 0 Å². The van der Waals surface area contributed by atoms with Gasteiger partial charge in [0.1, 0.15) is 0 Å². The molecule has 0 bridgehead atoms. The zero-order chi connectivity index (χ0) is 14.4. The molecular formula is C17H36N2. The maximum Gasteiger partial charge on any atom is 0.0113 e. The molecule has 0 aliphatic heterocycles. The van der Waals surface area contributed by atoms with Crippen LogP contribution in [0.2, 0.25) is 0 Å². The SMILES string of the molecule is CCCNC1CC(C)CC(C)C1CN(C)CC(C)C. The highest BCUT2D eigenvalue weighted by Gasteiger charge is 2.34. The first-order chi connectivity index (χ1) is 8.93. The van der Waals surface area contributed by atoms with Crippen molar-refractivity contribution in [3.63, 3.8) is 0 Å². The Kier molecular flexibility index (Phi) is 7.38. The Labute approximate surface area is 121 Å². The van der Waals surface area contributed by atoms with Gasteiger partial charge in [-0.05, 0) is 56.5 Å². The summed E-state index contributed by atoms with van der Waals surface area (Å²) < 4.78 is 0. The number of nitrogens with zero attached hydrogens (tertiary/aromatic N) is 1. The van der Waals surface area contributed by atoms with Crippen LogP contribution in [0.15, 0.2) is 0 Å². The van der Waals surface area contributed by atoms with Crippen molar-refractivity contribution in [1.29, 1.82) is 0 Å². The Morgan fingerprint density at radius 2 is 1.89 bits per heavy atom. The zero-order valence-electron chi connectivity index (χ0n) is 14.1. The quantitative estimate of drug-likeness (QED) is 0.758. The van der Waals surface area contributed by atoms with Gasteiger partial charge in [-0.3, -0.25) is 0 Å². The summed E-state index contributed by atoms with van der Waals surface area (Å²) in [5, 5.41) is 3.81. The van der Waals surface area contributed by atoms with Crippen molar-refractivity contribution >= 4 is 0 Å². The van der Waals surface area contributed by atoms with Gasteiger partial charge >= 0.3 is 0 Å². The molecule has 2 nitrogen and oxygen atoms in total. The molecule has 0 radical (unpaired) electrons. The molecule has 0 saturated heterocycles. The number of nitrogens with one attached hydrogen (secondary N) is 1. The Morgan fingerprint density at radius 1 is 1.21 bits per heavy atom. The van der Waals surface area contributed by atoms with Gasteiger partial charge in [0.05, 0.1) is 0 Å². The lowest BCUT2D eigenvalue weighted by atomic mass is 9.72. The molecule has 0 amide bonds. The van der Waals surface area contributed by atoms with Crippen LogP contribution in [-0.4, -0.2) is 37.6 Å². The second-order valence-electron chi connectivity index (χ2n) is 7.39. The fourth-order valence-electron chi connectivity index (χ4n) is 3.84. The molecule has 4 atom stereocenters. The van der Waals surface area contributed by atoms with E-state index in [0.717, 1.165) is 29.7 Å². The van der Waals surface area contributed by atoms with Crippen LogP contribution in [0.25, 0.3) is 0 Å². The fourth-order valence-corrected chi connectivity index (χ4v) is 3.84. The monoisotopic (exact) mass is 268 g/mol. The minimum Gasteiger partial charge on any atom is -0.314 e. The van der Waals surface area contributed by atoms with Crippen LogP contribution < -0.4 is 5.32 Å². The highest BCUT2D eigenvalue weighted by molar-refractivity contribution is 4.89. The van der Waals surface area contributed by atoms with Gasteiger partial charge in [0, 0.05) is 19.1 Å². The van der Waals surface area contributed by atoms with Crippen molar-refractivity contribution in [1.82, 2.24) is 10.2 Å². The van der Waals surface area contributed by atoms with Crippen molar-refractivity contribution in [2.24, 2.45) is 23.7 Å². The predicted octanol–water partition coefficient (Wildman–Crippen LogP) is 3.62. The normalized spacial score (nSPS) is 32.2. The standard InChI is InChI=1S/C17H36N2/c1-7-8-18-17-10-14(4)9-15(5)16(17)12-19(6)11-13(2)3/h13-18H,7-12H2,1-6H3. The van der Waals surface area contributed by atoms with Crippen LogP contribution in [0.5, 0.6) is 0 Å². The van der Waals surface area contributed by atoms with Gasteiger partial charge in [-0.25, -0.2) is 0 Å². The Bertz CT molecular complexity index is 239. The summed E-state index contributed by atoms with van der Waals surface area (Å²) >= 11 is 0. The van der Waals surface area contributed by atoms with Crippen molar-refractivity contribution < 1.29 is 0 Å². The third-order valence-electron chi connectivity index (χ3n) is 4.53. The molecule has 0 heterocycles. The first-order valence-corrected chi connectivity index (χ1v) is 8.35. The van der Waals surface area contributed by atoms with Gasteiger partial charge in [-0.15, -0.1) is 0 Å². The maximum absolute atomic E-state index is 3.81. The van der Waals surface area contributed by atoms with E-state index in [4.69, 9.17) is 0 Å². The molecule has 4 unspecified atom stereocenters. The lowest BCUT2D eigenvalue weighted by molar-refractivity contribution is 0.107. The Hall–Kier alpha value is -0.0800. The lowest BCUT2D eigenvalue weighted by Gasteiger charge is -2.42. The molecule has 0 spiro atoms. The van der Waals surface area contributed by atoms with E-state index in [1.807, 2.05) is 0 Å². The minimum absolute atomic E-state index is 0.730. The minimum atomic E-state index is 0.730. The average Bonchev–Trinajstić information content (AvgIpc) is 2.29. The van der Waals surface area contributed by atoms with Gasteiger partial charge in [-0.2, -0.15) is 0 Å². The third kappa shape index (κ3) is 5.83. The highest BCUT2D eigenvalue weighted by atomic mass is 15.1. The predicted molar refractivity (Wildman–Crippen MR) is 85.5 cm³/mol. The molecule has 2 heteroatoms. The van der Waals surface area contributed by atoms with Crippen LogP contribution in [0, 0.1) is 23.7 Å². The van der Waals surface area contributed by atoms with E-state index in [0.29, 0.717) is 0 Å². The molecule has 1 aliphatic carbocycles. The van der Waals surface area contributed by atoms with Crippen LogP contribution in [0.1, 0.15) is 53.9 Å². The second kappa shape index (κ2) is 8.26. The second-order valence-corrected chi connectivity index (χ2v) is 7.39. The van der Waals surface area contributed by atoms with E-state index in [-0.39, 0.29) is 0 Å². The zero-order valence-corrected chi connectivity index (χ0v) is 14.1. The van der Waals surface area contributed by atoms with Gasteiger partial charge < -0.3 is 10.2 Å². The van der Waals surface area contributed by atoms with E-state index < -0.39 is 0 Å². The van der Waals surface area contributed by atoms with Crippen molar-refractivity contribution in [3.05, 3.63) is 0 Å². The summed E-state index contributed by atoms with van der Waals surface area (Å²) in [6, 6.07) is 0.730. The van der Waals surface area contributed by atoms with Gasteiger partial charge in [-0.1, -0.05) is 34.6 Å². The smallest absolute Gasteiger partial charge is 0.0113 e. The Morgan fingerprint density at radius 3 is 2.47 bits per heavy atom. The molecule has 1 rings (SSSR count). The molecule has 1 saturated carbocycles. The molecular weight excluding hydrogens is 232 g/mol. The van der Waals surface area contributed by atoms with Crippen molar-refractivity contribution in [2.75, 3.05) is 26.7 Å². The molecule has 0 aromatic rings. The number of rotatable bonds is 7. The summed E-state index contributed by atoms with van der Waals surface area (Å²) in [6.07, 6.45) is 4.02. The summed E-state index contributed by atoms with van der Waals surface area (Å²) in [6.45, 7) is 15.4. The first kappa shape index (κ1) is 17.0. The van der Waals surface area contributed by atoms with E-state index in [2.05, 4.69) is 51.9 Å². The molecule has 0 aromatic carbocycles. The molecule has 0 aromatic heterocycles. The molecule has 1 N–H and O–H groups in total. The van der Waals surface area contributed by atoms with Crippen molar-refractivity contribution in [2.45, 2.75) is 59.9 Å². The van der Waals surface area contributed by atoms with E-state index in [1.165, 1.54) is 38.9 Å². The highest BCUT2D eigenvalue weighted by Crippen LogP contribution is 2.34. The molecule has 19 heavy (non-hydrogen) atoms. The summed E-state index contributed by atoms with van der Waals surface area (Å²) in [7, 11) is 2.29. The summed E-state index contributed by atoms with van der Waals surface area (Å²) in [5.74, 6) is 3.33. The molecule has 1 fully saturated rings. The van der Waals surface area contributed by atoms with Crippen LogP contribution in [0.4, 0.5) is 0 Å². The maximum atomic E-state index is 3.81. The van der Waals surface area contributed by atoms with Crippen LogP contribution in [-0.2, 0) is 0 Å². The Balaban J connectivity index is 2.57. The van der Waals surface area contributed by atoms with Gasteiger partial charge in [0.25, 0.3) is 0 Å². The summed E-state index contributed by atoms with van der Waals surface area (Å²) in [4.78, 5) is 2.54. The average molecular weight is 268 g/mol. The molecule has 1 aliphatic rings. The lowest BCUT2D eigenvalue weighted by Crippen LogP contribution is -2.49. The number of hydrogen-bond acceptors (Lipinski definition) is 2. The third-order valence-corrected chi connectivity index (χ3v) is 4.53. The van der Waals surface area contributed by atoms with E-state index >= 15 is 0 Å². The number of hydrogen-bond donors (Lipinski definition) is 1. The topological polar surface area (TPSA) is 15.3 Å². The summed E-state index contributed by atoms with van der Waals surface area (Å²) in [5.41, 5.74) is 0. The largest absolute Gasteiger partial charge is 0.314 e. The van der Waals surface area contributed by atoms with Gasteiger partial charge in [0.2, 0.25) is 0 Å². The van der Waals surface area contributed by atoms with E-state index in [9.17, 15) is 0 Å². The van der Waals surface area contributed by atoms with Crippen LogP contribution in [0.3, 0.4) is 0 Å². The van der Waals surface area contributed by atoms with Gasteiger partial charge in [0.15, 0.2) is 0 Å². The molecule has 114 valence electrons. The van der Waals surface area contributed by atoms with Crippen molar-refractivity contribution in [3.8, 4) is 0 Å². The first-order valence-electron chi connectivity index (χ1n) is 8.35. The van der Waals surface area contributed by atoms with Crippen LogP contribution >= 0.6 is 0 Å².